The summed E-state index contributed by atoms with van der Waals surface area (Å²) >= 11 is 0. The lowest BCUT2D eigenvalue weighted by Gasteiger charge is -2.28. The van der Waals surface area contributed by atoms with Gasteiger partial charge in [0.05, 0.1) is 7.11 Å². The summed E-state index contributed by atoms with van der Waals surface area (Å²) < 4.78 is 5.34. The quantitative estimate of drug-likeness (QED) is 0.811. The minimum atomic E-state index is 0.611. The Hall–Kier alpha value is -1.02. The van der Waals surface area contributed by atoms with Crippen molar-refractivity contribution >= 4 is 0 Å². The van der Waals surface area contributed by atoms with E-state index < -0.39 is 0 Å². The molecule has 0 radical (unpaired) electrons. The molecule has 0 saturated heterocycles. The third kappa shape index (κ3) is 3.99. The van der Waals surface area contributed by atoms with Crippen LogP contribution >= 0.6 is 0 Å². The second-order valence-corrected chi connectivity index (χ2v) is 6.19. The first-order valence-corrected chi connectivity index (χ1v) is 8.11. The highest BCUT2D eigenvalue weighted by Crippen LogP contribution is 2.35. The van der Waals surface area contributed by atoms with Crippen LogP contribution in [0.4, 0.5) is 0 Å². The van der Waals surface area contributed by atoms with Gasteiger partial charge in [0.15, 0.2) is 0 Å². The fourth-order valence-corrected chi connectivity index (χ4v) is 3.53. The van der Waals surface area contributed by atoms with E-state index in [1.54, 1.807) is 7.11 Å². The van der Waals surface area contributed by atoms with Gasteiger partial charge in [-0.25, -0.2) is 0 Å². The molecule has 2 rings (SSSR count). The molecule has 0 bridgehead atoms. The zero-order chi connectivity index (χ0) is 14.4. The predicted octanol–water partition coefficient (Wildman–Crippen LogP) is 4.04. The molecule has 0 spiro atoms. The first-order valence-electron chi connectivity index (χ1n) is 8.11. The van der Waals surface area contributed by atoms with Gasteiger partial charge >= 0.3 is 0 Å². The van der Waals surface area contributed by atoms with E-state index in [9.17, 15) is 0 Å². The molecule has 0 aromatic heterocycles. The fraction of sp³-hybridized carbons (Fsp3) is 0.667. The van der Waals surface area contributed by atoms with Gasteiger partial charge in [-0.3, -0.25) is 0 Å². The summed E-state index contributed by atoms with van der Waals surface area (Å²) in [6.07, 6.45) is 6.50. The Balaban J connectivity index is 2.05. The van der Waals surface area contributed by atoms with Crippen LogP contribution in [0.15, 0.2) is 24.3 Å². The first kappa shape index (κ1) is 15.4. The number of hydrogen-bond acceptors (Lipinski definition) is 2. The van der Waals surface area contributed by atoms with Gasteiger partial charge < -0.3 is 10.1 Å². The van der Waals surface area contributed by atoms with E-state index in [-0.39, 0.29) is 0 Å². The molecule has 1 N–H and O–H groups in total. The number of benzene rings is 1. The maximum atomic E-state index is 5.34. The van der Waals surface area contributed by atoms with Crippen molar-refractivity contribution in [2.45, 2.75) is 52.0 Å². The molecule has 1 fully saturated rings. The molecule has 1 aliphatic carbocycles. The normalized spacial score (nSPS) is 23.8. The summed E-state index contributed by atoms with van der Waals surface area (Å²) in [4.78, 5) is 0. The van der Waals surface area contributed by atoms with Crippen LogP contribution in [0.25, 0.3) is 0 Å². The molecule has 1 saturated carbocycles. The summed E-state index contributed by atoms with van der Waals surface area (Å²) in [5.74, 6) is 2.65. The Morgan fingerprint density at radius 1 is 1.35 bits per heavy atom. The average molecular weight is 275 g/mol. The topological polar surface area (TPSA) is 21.3 Å². The van der Waals surface area contributed by atoms with Crippen LogP contribution < -0.4 is 10.1 Å². The van der Waals surface area contributed by atoms with Crippen LogP contribution in [0, 0.1) is 11.8 Å². The minimum absolute atomic E-state index is 0.611. The standard InChI is InChI=1S/C18H29NO/c1-4-11-19-18(17-10-5-7-14(17)2)13-15-8-6-9-16(12-15)20-3/h6,8-9,12,14,17-19H,4-5,7,10-11,13H2,1-3H3. The molecular formula is C18H29NO. The van der Waals surface area contributed by atoms with Crippen molar-refractivity contribution in [3.05, 3.63) is 29.8 Å². The maximum Gasteiger partial charge on any atom is 0.119 e. The van der Waals surface area contributed by atoms with E-state index in [0.29, 0.717) is 6.04 Å². The second kappa shape index (κ2) is 7.68. The summed E-state index contributed by atoms with van der Waals surface area (Å²) in [6, 6.07) is 9.14. The van der Waals surface area contributed by atoms with Crippen molar-refractivity contribution in [2.24, 2.45) is 11.8 Å². The number of hydrogen-bond donors (Lipinski definition) is 1. The molecule has 2 heteroatoms. The predicted molar refractivity (Wildman–Crippen MR) is 85.3 cm³/mol. The van der Waals surface area contributed by atoms with E-state index in [2.05, 4.69) is 37.4 Å². The lowest BCUT2D eigenvalue weighted by atomic mass is 9.86. The molecular weight excluding hydrogens is 246 g/mol. The Morgan fingerprint density at radius 3 is 2.85 bits per heavy atom. The molecule has 0 heterocycles. The highest BCUT2D eigenvalue weighted by atomic mass is 16.5. The van der Waals surface area contributed by atoms with Crippen molar-refractivity contribution in [2.75, 3.05) is 13.7 Å². The molecule has 0 amide bonds. The smallest absolute Gasteiger partial charge is 0.119 e. The van der Waals surface area contributed by atoms with E-state index in [4.69, 9.17) is 4.74 Å². The van der Waals surface area contributed by atoms with Crippen LogP contribution in [0.1, 0.15) is 45.1 Å². The van der Waals surface area contributed by atoms with Gasteiger partial charge in [0.1, 0.15) is 5.75 Å². The molecule has 0 aliphatic heterocycles. The third-order valence-electron chi connectivity index (χ3n) is 4.69. The van der Waals surface area contributed by atoms with E-state index >= 15 is 0 Å². The molecule has 1 aromatic carbocycles. The lowest BCUT2D eigenvalue weighted by Crippen LogP contribution is -2.39. The Kier molecular flexibility index (Phi) is 5.90. The van der Waals surface area contributed by atoms with Crippen LogP contribution in [-0.4, -0.2) is 19.7 Å². The zero-order valence-electron chi connectivity index (χ0n) is 13.2. The number of rotatable bonds is 7. The fourth-order valence-electron chi connectivity index (χ4n) is 3.53. The molecule has 2 nitrogen and oxygen atoms in total. The number of nitrogens with one attached hydrogen (secondary N) is 1. The van der Waals surface area contributed by atoms with Crippen LogP contribution in [0.5, 0.6) is 5.75 Å². The minimum Gasteiger partial charge on any atom is -0.497 e. The SMILES string of the molecule is CCCNC(Cc1cccc(OC)c1)C1CCCC1C. The highest BCUT2D eigenvalue weighted by Gasteiger charge is 2.30. The first-order chi connectivity index (χ1) is 9.74. The molecule has 1 aromatic rings. The second-order valence-electron chi connectivity index (χ2n) is 6.19. The van der Waals surface area contributed by atoms with Gasteiger partial charge in [0, 0.05) is 6.04 Å². The maximum absolute atomic E-state index is 5.34. The van der Waals surface area contributed by atoms with Crippen molar-refractivity contribution in [3.8, 4) is 5.75 Å². The van der Waals surface area contributed by atoms with Crippen molar-refractivity contribution in [3.63, 3.8) is 0 Å². The number of ether oxygens (including phenoxy) is 1. The average Bonchev–Trinajstić information content (AvgIpc) is 2.90. The summed E-state index contributed by atoms with van der Waals surface area (Å²) in [5, 5.41) is 3.79. The van der Waals surface area contributed by atoms with Crippen molar-refractivity contribution < 1.29 is 4.74 Å². The third-order valence-corrected chi connectivity index (χ3v) is 4.69. The van der Waals surface area contributed by atoms with E-state index in [1.807, 2.05) is 6.07 Å². The largest absolute Gasteiger partial charge is 0.497 e. The molecule has 3 atom stereocenters. The number of methoxy groups -OCH3 is 1. The highest BCUT2D eigenvalue weighted by molar-refractivity contribution is 5.29. The molecule has 3 unspecified atom stereocenters. The Bertz CT molecular complexity index is 404. The van der Waals surface area contributed by atoms with Crippen molar-refractivity contribution in [1.82, 2.24) is 5.32 Å². The Labute approximate surface area is 123 Å². The van der Waals surface area contributed by atoms with Crippen LogP contribution in [0.3, 0.4) is 0 Å². The summed E-state index contributed by atoms with van der Waals surface area (Å²) in [7, 11) is 1.74. The molecule has 20 heavy (non-hydrogen) atoms. The van der Waals surface area contributed by atoms with Crippen LogP contribution in [-0.2, 0) is 6.42 Å². The summed E-state index contributed by atoms with van der Waals surface area (Å²) in [5.41, 5.74) is 1.39. The van der Waals surface area contributed by atoms with Gasteiger partial charge in [-0.15, -0.1) is 0 Å². The lowest BCUT2D eigenvalue weighted by molar-refractivity contribution is 0.295. The zero-order valence-corrected chi connectivity index (χ0v) is 13.2. The van der Waals surface area contributed by atoms with Gasteiger partial charge in [-0.1, -0.05) is 38.8 Å². The van der Waals surface area contributed by atoms with Gasteiger partial charge in [-0.2, -0.15) is 0 Å². The Morgan fingerprint density at radius 2 is 2.20 bits per heavy atom. The van der Waals surface area contributed by atoms with Gasteiger partial charge in [-0.05, 0) is 55.3 Å². The monoisotopic (exact) mass is 275 g/mol. The van der Waals surface area contributed by atoms with E-state index in [1.165, 1.54) is 31.2 Å². The van der Waals surface area contributed by atoms with Gasteiger partial charge in [0.25, 0.3) is 0 Å². The van der Waals surface area contributed by atoms with Crippen molar-refractivity contribution in [1.29, 1.82) is 0 Å². The molecule has 112 valence electrons. The van der Waals surface area contributed by atoms with Gasteiger partial charge in [0.2, 0.25) is 0 Å². The van der Waals surface area contributed by atoms with Crippen LogP contribution in [0.2, 0.25) is 0 Å². The summed E-state index contributed by atoms with van der Waals surface area (Å²) in [6.45, 7) is 5.79. The molecule has 1 aliphatic rings. The van der Waals surface area contributed by atoms with E-state index in [0.717, 1.165) is 30.6 Å².